The summed E-state index contributed by atoms with van der Waals surface area (Å²) in [5.41, 5.74) is 0.657. The second-order valence-corrected chi connectivity index (χ2v) is 6.71. The number of hydrogen-bond acceptors (Lipinski definition) is 1. The van der Waals surface area contributed by atoms with E-state index in [2.05, 4.69) is 10.6 Å². The van der Waals surface area contributed by atoms with E-state index in [-0.39, 0.29) is 6.03 Å². The van der Waals surface area contributed by atoms with Gasteiger partial charge in [0.05, 0.1) is 10.0 Å². The number of carbonyl (C=O) groups is 1. The summed E-state index contributed by atoms with van der Waals surface area (Å²) >= 11 is 11.8. The normalized spacial score (nSPS) is 27.6. The zero-order valence-corrected chi connectivity index (χ0v) is 12.7. The quantitative estimate of drug-likeness (QED) is 0.844. The van der Waals surface area contributed by atoms with Crippen LogP contribution in [0, 0.1) is 17.8 Å². The molecule has 0 unspecified atom stereocenters. The average Bonchev–Trinajstić information content (AvgIpc) is 3.03. The summed E-state index contributed by atoms with van der Waals surface area (Å²) in [6, 6.07) is 4.90. The van der Waals surface area contributed by atoms with Crippen molar-refractivity contribution in [2.75, 3.05) is 11.9 Å². The first-order valence-corrected chi connectivity index (χ1v) is 7.87. The van der Waals surface area contributed by atoms with Crippen LogP contribution in [0.15, 0.2) is 18.2 Å². The van der Waals surface area contributed by atoms with Crippen LogP contribution in [0.3, 0.4) is 0 Å². The van der Waals surface area contributed by atoms with Gasteiger partial charge in [0.1, 0.15) is 0 Å². The molecule has 0 radical (unpaired) electrons. The second-order valence-electron chi connectivity index (χ2n) is 5.90. The molecule has 3 nitrogen and oxygen atoms in total. The Morgan fingerprint density at radius 3 is 2.70 bits per heavy atom. The van der Waals surface area contributed by atoms with E-state index in [1.807, 2.05) is 0 Å². The van der Waals surface area contributed by atoms with E-state index < -0.39 is 0 Å². The van der Waals surface area contributed by atoms with Gasteiger partial charge in [-0.3, -0.25) is 0 Å². The van der Waals surface area contributed by atoms with Crippen molar-refractivity contribution in [3.8, 4) is 0 Å². The molecule has 2 bridgehead atoms. The molecule has 0 aliphatic heterocycles. The van der Waals surface area contributed by atoms with Gasteiger partial charge in [-0.05, 0) is 55.2 Å². The van der Waals surface area contributed by atoms with Crippen LogP contribution < -0.4 is 10.6 Å². The Hall–Kier alpha value is -0.930. The fourth-order valence-electron chi connectivity index (χ4n) is 3.60. The van der Waals surface area contributed by atoms with Gasteiger partial charge in [-0.2, -0.15) is 0 Å². The molecule has 0 heterocycles. The number of carbonyl (C=O) groups excluding carboxylic acids is 1. The summed E-state index contributed by atoms with van der Waals surface area (Å²) in [4.78, 5) is 11.9. The molecule has 2 N–H and O–H groups in total. The van der Waals surface area contributed by atoms with Crippen LogP contribution in [-0.4, -0.2) is 12.6 Å². The third-order valence-corrected chi connectivity index (χ3v) is 5.33. The fraction of sp³-hybridized carbons (Fsp3) is 0.533. The monoisotopic (exact) mass is 312 g/mol. The Bertz CT molecular complexity index is 521. The molecule has 2 fully saturated rings. The summed E-state index contributed by atoms with van der Waals surface area (Å²) in [6.45, 7) is 0.772. The maximum atomic E-state index is 11.9. The van der Waals surface area contributed by atoms with E-state index in [0.717, 1.165) is 18.4 Å². The van der Waals surface area contributed by atoms with Crippen molar-refractivity contribution in [2.45, 2.75) is 25.7 Å². The van der Waals surface area contributed by atoms with E-state index in [1.165, 1.54) is 25.7 Å². The molecule has 0 saturated heterocycles. The summed E-state index contributed by atoms with van der Waals surface area (Å²) in [6.07, 6.45) is 5.36. The van der Waals surface area contributed by atoms with Gasteiger partial charge >= 0.3 is 6.03 Å². The molecular weight excluding hydrogens is 295 g/mol. The van der Waals surface area contributed by atoms with E-state index in [9.17, 15) is 4.79 Å². The highest BCUT2D eigenvalue weighted by molar-refractivity contribution is 6.42. The number of urea groups is 1. The van der Waals surface area contributed by atoms with Gasteiger partial charge in [0.2, 0.25) is 0 Å². The maximum Gasteiger partial charge on any atom is 0.319 e. The Morgan fingerprint density at radius 2 is 2.05 bits per heavy atom. The van der Waals surface area contributed by atoms with Crippen molar-refractivity contribution in [1.82, 2.24) is 5.32 Å². The topological polar surface area (TPSA) is 41.1 Å². The molecule has 108 valence electrons. The zero-order chi connectivity index (χ0) is 14.1. The number of rotatable bonds is 3. The molecule has 1 aromatic rings. The third kappa shape index (κ3) is 3.04. The van der Waals surface area contributed by atoms with Crippen LogP contribution >= 0.6 is 23.2 Å². The van der Waals surface area contributed by atoms with Gasteiger partial charge in [-0.25, -0.2) is 4.79 Å². The molecule has 1 aromatic carbocycles. The zero-order valence-electron chi connectivity index (χ0n) is 11.2. The predicted octanol–water partition coefficient (Wildman–Crippen LogP) is 4.55. The molecule has 2 aliphatic carbocycles. The van der Waals surface area contributed by atoms with E-state index >= 15 is 0 Å². The van der Waals surface area contributed by atoms with Gasteiger partial charge in [0, 0.05) is 12.2 Å². The highest BCUT2D eigenvalue weighted by Crippen LogP contribution is 2.47. The lowest BCUT2D eigenvalue weighted by Crippen LogP contribution is -2.34. The molecule has 0 aromatic heterocycles. The highest BCUT2D eigenvalue weighted by Gasteiger charge is 2.39. The summed E-state index contributed by atoms with van der Waals surface area (Å²) in [7, 11) is 0. The smallest absolute Gasteiger partial charge is 0.319 e. The molecule has 2 amide bonds. The Kier molecular flexibility index (Phi) is 4.08. The van der Waals surface area contributed by atoms with Gasteiger partial charge in [-0.15, -0.1) is 0 Å². The van der Waals surface area contributed by atoms with Crippen LogP contribution in [0.2, 0.25) is 10.0 Å². The lowest BCUT2D eigenvalue weighted by atomic mass is 9.89. The number of halogens is 2. The van der Waals surface area contributed by atoms with Crippen molar-refractivity contribution in [1.29, 1.82) is 0 Å². The number of anilines is 1. The van der Waals surface area contributed by atoms with Gasteiger partial charge in [0.25, 0.3) is 0 Å². The van der Waals surface area contributed by atoms with Crippen LogP contribution in [0.5, 0.6) is 0 Å². The first-order chi connectivity index (χ1) is 9.61. The van der Waals surface area contributed by atoms with Crippen LogP contribution in [0.1, 0.15) is 25.7 Å². The van der Waals surface area contributed by atoms with E-state index in [0.29, 0.717) is 21.7 Å². The lowest BCUT2D eigenvalue weighted by Gasteiger charge is -2.21. The molecule has 3 rings (SSSR count). The van der Waals surface area contributed by atoms with Crippen LogP contribution in [0.25, 0.3) is 0 Å². The number of amides is 2. The highest BCUT2D eigenvalue weighted by atomic mass is 35.5. The standard InChI is InChI=1S/C15H18Cl2N2O/c16-13-4-3-12(7-14(13)17)19-15(20)18-8-11-6-9-1-2-10(11)5-9/h3-4,7,9-11H,1-2,5-6,8H2,(H2,18,19,20)/t9-,10+,11+/m0/s1. The Labute approximate surface area is 129 Å². The lowest BCUT2D eigenvalue weighted by molar-refractivity contribution is 0.245. The largest absolute Gasteiger partial charge is 0.338 e. The van der Waals surface area contributed by atoms with Crippen molar-refractivity contribution in [3.05, 3.63) is 28.2 Å². The molecule has 20 heavy (non-hydrogen) atoms. The second kappa shape index (κ2) is 5.82. The van der Waals surface area contributed by atoms with Crippen molar-refractivity contribution < 1.29 is 4.79 Å². The number of nitrogens with one attached hydrogen (secondary N) is 2. The molecule has 5 heteroatoms. The SMILES string of the molecule is O=C(NC[C@H]1C[C@H]2CC[C@@H]1C2)Nc1ccc(Cl)c(Cl)c1. The van der Waals surface area contributed by atoms with Crippen molar-refractivity contribution >= 4 is 34.9 Å². The van der Waals surface area contributed by atoms with Crippen LogP contribution in [-0.2, 0) is 0 Å². The molecule has 2 saturated carbocycles. The fourth-order valence-corrected chi connectivity index (χ4v) is 3.90. The summed E-state index contributed by atoms with van der Waals surface area (Å²) in [5.74, 6) is 2.39. The minimum atomic E-state index is -0.175. The first kappa shape index (κ1) is 14.0. The summed E-state index contributed by atoms with van der Waals surface area (Å²) in [5, 5.41) is 6.68. The van der Waals surface area contributed by atoms with Crippen molar-refractivity contribution in [2.24, 2.45) is 17.8 Å². The first-order valence-electron chi connectivity index (χ1n) is 7.11. The van der Waals surface area contributed by atoms with Gasteiger partial charge < -0.3 is 10.6 Å². The average molecular weight is 313 g/mol. The Balaban J connectivity index is 1.48. The summed E-state index contributed by atoms with van der Waals surface area (Å²) < 4.78 is 0. The van der Waals surface area contributed by atoms with E-state index in [4.69, 9.17) is 23.2 Å². The Morgan fingerprint density at radius 1 is 1.20 bits per heavy atom. The predicted molar refractivity (Wildman–Crippen MR) is 82.4 cm³/mol. The number of benzene rings is 1. The molecule has 2 aliphatic rings. The minimum Gasteiger partial charge on any atom is -0.338 e. The minimum absolute atomic E-state index is 0.175. The molecular formula is C15H18Cl2N2O. The molecule has 0 spiro atoms. The maximum absolute atomic E-state index is 11.9. The van der Waals surface area contributed by atoms with Gasteiger partial charge in [0.15, 0.2) is 0 Å². The van der Waals surface area contributed by atoms with Crippen molar-refractivity contribution in [3.63, 3.8) is 0 Å². The molecule has 3 atom stereocenters. The van der Waals surface area contributed by atoms with Gasteiger partial charge in [-0.1, -0.05) is 29.6 Å². The van der Waals surface area contributed by atoms with Crippen LogP contribution in [0.4, 0.5) is 10.5 Å². The van der Waals surface area contributed by atoms with E-state index in [1.54, 1.807) is 18.2 Å². The number of fused-ring (bicyclic) bond motifs is 2. The third-order valence-electron chi connectivity index (χ3n) is 4.59. The number of hydrogen-bond donors (Lipinski definition) is 2.